The van der Waals surface area contributed by atoms with E-state index >= 15 is 0 Å². The van der Waals surface area contributed by atoms with Crippen LogP contribution in [0.4, 0.5) is 0 Å². The van der Waals surface area contributed by atoms with Crippen LogP contribution in [-0.2, 0) is 4.43 Å². The molecule has 0 saturated heterocycles. The normalized spacial score (nSPS) is 11.0. The smallest absolute Gasteiger partial charge is 0.148 e. The van der Waals surface area contributed by atoms with Gasteiger partial charge < -0.3 is 4.43 Å². The molecule has 7 heavy (non-hydrogen) atoms. The Labute approximate surface area is 47.6 Å². The summed E-state index contributed by atoms with van der Waals surface area (Å²) in [5.74, 6) is 2.50. The van der Waals surface area contributed by atoms with Crippen molar-refractivity contribution in [3.63, 3.8) is 0 Å². The molecule has 40 valence electrons. The van der Waals surface area contributed by atoms with Gasteiger partial charge in [-0.2, -0.15) is 0 Å². The summed E-state index contributed by atoms with van der Waals surface area (Å²) in [5, 5.41) is 0. The van der Waals surface area contributed by atoms with Crippen LogP contribution in [0.3, 0.4) is 0 Å². The van der Waals surface area contributed by atoms with E-state index in [0.29, 0.717) is 10.5 Å². The molecule has 0 N–H and O–H groups in total. The van der Waals surface area contributed by atoms with Gasteiger partial charge in [0, 0.05) is 0 Å². The van der Waals surface area contributed by atoms with Crippen molar-refractivity contribution in [2.24, 2.45) is 0 Å². The molecule has 0 aliphatic rings. The molecule has 0 radical (unpaired) electrons. The molecule has 0 rings (SSSR count). The first kappa shape index (κ1) is 6.74. The largest absolute Gasteiger partial charge is 0.413 e. The van der Waals surface area contributed by atoms with Crippen LogP contribution in [-0.4, -0.2) is 16.1 Å². The lowest BCUT2D eigenvalue weighted by atomic mass is 10.2. The molecule has 0 aromatic carbocycles. The minimum absolute atomic E-state index is 0.327. The zero-order chi connectivity index (χ0) is 5.91. The zero-order valence-corrected chi connectivity index (χ0v) is 6.99. The molecular weight excluding hydrogens is 104 g/mol. The van der Waals surface area contributed by atoms with Gasteiger partial charge in [-0.1, -0.05) is 5.92 Å². The van der Waals surface area contributed by atoms with E-state index in [0.717, 1.165) is 0 Å². The van der Waals surface area contributed by atoms with E-state index in [4.69, 9.17) is 10.8 Å². The molecule has 0 aromatic heterocycles. The Morgan fingerprint density at radius 2 is 2.14 bits per heavy atom. The topological polar surface area (TPSA) is 9.23 Å². The van der Waals surface area contributed by atoms with Gasteiger partial charge in [0.15, 0.2) is 0 Å². The highest BCUT2D eigenvalue weighted by Crippen LogP contribution is 2.01. The van der Waals surface area contributed by atoms with Crippen molar-refractivity contribution in [2.75, 3.05) is 0 Å². The molecule has 2 heteroatoms. The Morgan fingerprint density at radius 1 is 1.71 bits per heavy atom. The van der Waals surface area contributed by atoms with Crippen molar-refractivity contribution in [3.8, 4) is 12.3 Å². The SMILES string of the molecule is C#CC(C)(C)O[SiH3]. The Hall–Kier alpha value is -0.263. The number of hydrogen-bond acceptors (Lipinski definition) is 1. The van der Waals surface area contributed by atoms with Gasteiger partial charge >= 0.3 is 0 Å². The molecule has 0 fully saturated rings. The van der Waals surface area contributed by atoms with Crippen LogP contribution >= 0.6 is 0 Å². The maximum Gasteiger partial charge on any atom is 0.148 e. The number of terminal acetylenes is 1. The number of hydrogen-bond donors (Lipinski definition) is 0. The fourth-order valence-electron chi connectivity index (χ4n) is 0.0589. The van der Waals surface area contributed by atoms with Crippen molar-refractivity contribution >= 4 is 10.5 Å². The van der Waals surface area contributed by atoms with Gasteiger partial charge in [-0.25, -0.2) is 0 Å². The van der Waals surface area contributed by atoms with Gasteiger partial charge in [-0.15, -0.1) is 6.42 Å². The summed E-state index contributed by atoms with van der Waals surface area (Å²) in [6.45, 7) is 3.75. The highest BCUT2D eigenvalue weighted by atomic mass is 28.2. The van der Waals surface area contributed by atoms with Crippen molar-refractivity contribution < 1.29 is 4.43 Å². The molecular formula is C5H10OSi. The van der Waals surface area contributed by atoms with Crippen LogP contribution in [0.2, 0.25) is 0 Å². The van der Waals surface area contributed by atoms with Crippen LogP contribution in [0.15, 0.2) is 0 Å². The lowest BCUT2D eigenvalue weighted by molar-refractivity contribution is 0.191. The van der Waals surface area contributed by atoms with Gasteiger partial charge in [0.05, 0.1) is 0 Å². The van der Waals surface area contributed by atoms with Gasteiger partial charge in [-0.05, 0) is 13.8 Å². The summed E-state index contributed by atoms with van der Waals surface area (Å²) in [4.78, 5) is 0. The maximum atomic E-state index is 5.06. The second-order valence-corrected chi connectivity index (χ2v) is 2.27. The minimum atomic E-state index is -0.327. The quantitative estimate of drug-likeness (QED) is 0.336. The Kier molecular flexibility index (Phi) is 2.07. The Bertz CT molecular complexity index is 90.7. The fraction of sp³-hybridized carbons (Fsp3) is 0.600. The van der Waals surface area contributed by atoms with Crippen LogP contribution in [0.5, 0.6) is 0 Å². The predicted octanol–water partition coefficient (Wildman–Crippen LogP) is -0.305. The van der Waals surface area contributed by atoms with E-state index in [1.165, 1.54) is 0 Å². The third-order valence-corrected chi connectivity index (χ3v) is 1.88. The first-order chi connectivity index (χ1) is 3.12. The zero-order valence-electron chi connectivity index (χ0n) is 4.99. The molecule has 0 aliphatic heterocycles. The fourth-order valence-corrected chi connectivity index (χ4v) is 0.177. The van der Waals surface area contributed by atoms with Gasteiger partial charge in [0.1, 0.15) is 16.1 Å². The third-order valence-electron chi connectivity index (χ3n) is 0.858. The van der Waals surface area contributed by atoms with E-state index in [9.17, 15) is 0 Å². The molecule has 0 aliphatic carbocycles. The van der Waals surface area contributed by atoms with Crippen LogP contribution in [0, 0.1) is 12.3 Å². The average molecular weight is 114 g/mol. The second-order valence-electron chi connectivity index (χ2n) is 1.86. The summed E-state index contributed by atoms with van der Waals surface area (Å²) in [7, 11) is 0.715. The Balaban J connectivity index is 3.66. The van der Waals surface area contributed by atoms with Gasteiger partial charge in [-0.3, -0.25) is 0 Å². The molecule has 0 amide bonds. The van der Waals surface area contributed by atoms with Crippen molar-refractivity contribution in [3.05, 3.63) is 0 Å². The van der Waals surface area contributed by atoms with Crippen molar-refractivity contribution in [1.29, 1.82) is 0 Å². The molecule has 0 unspecified atom stereocenters. The van der Waals surface area contributed by atoms with Crippen molar-refractivity contribution in [2.45, 2.75) is 19.4 Å². The van der Waals surface area contributed by atoms with E-state index < -0.39 is 0 Å². The van der Waals surface area contributed by atoms with E-state index in [1.54, 1.807) is 0 Å². The molecule has 0 saturated carbocycles. The first-order valence-electron chi connectivity index (χ1n) is 2.15. The maximum absolute atomic E-state index is 5.06. The molecule has 0 spiro atoms. The average Bonchev–Trinajstić information content (AvgIpc) is 1.68. The highest BCUT2D eigenvalue weighted by molar-refractivity contribution is 5.98. The second kappa shape index (κ2) is 2.15. The lowest BCUT2D eigenvalue weighted by Gasteiger charge is -2.14. The molecule has 0 heterocycles. The summed E-state index contributed by atoms with van der Waals surface area (Å²) in [5.41, 5.74) is -0.327. The monoisotopic (exact) mass is 114 g/mol. The molecule has 0 bridgehead atoms. The Morgan fingerprint density at radius 3 is 2.14 bits per heavy atom. The van der Waals surface area contributed by atoms with E-state index in [2.05, 4.69) is 5.92 Å². The summed E-state index contributed by atoms with van der Waals surface area (Å²) in [6, 6.07) is 0. The molecule has 0 atom stereocenters. The van der Waals surface area contributed by atoms with Gasteiger partial charge in [0.25, 0.3) is 0 Å². The number of rotatable bonds is 1. The lowest BCUT2D eigenvalue weighted by Crippen LogP contribution is -2.19. The van der Waals surface area contributed by atoms with Crippen LogP contribution < -0.4 is 0 Å². The van der Waals surface area contributed by atoms with Crippen molar-refractivity contribution in [1.82, 2.24) is 0 Å². The van der Waals surface area contributed by atoms with Crippen LogP contribution in [0.1, 0.15) is 13.8 Å². The third kappa shape index (κ3) is 2.43. The highest BCUT2D eigenvalue weighted by Gasteiger charge is 2.08. The minimum Gasteiger partial charge on any atom is -0.413 e. The predicted molar refractivity (Wildman–Crippen MR) is 33.9 cm³/mol. The van der Waals surface area contributed by atoms with Gasteiger partial charge in [0.2, 0.25) is 0 Å². The van der Waals surface area contributed by atoms with E-state index in [-0.39, 0.29) is 5.60 Å². The first-order valence-corrected chi connectivity index (χ1v) is 2.97. The summed E-state index contributed by atoms with van der Waals surface area (Å²) >= 11 is 0. The molecule has 0 aromatic rings. The summed E-state index contributed by atoms with van der Waals surface area (Å²) < 4.78 is 4.99. The van der Waals surface area contributed by atoms with E-state index in [1.807, 2.05) is 13.8 Å². The molecule has 1 nitrogen and oxygen atoms in total. The van der Waals surface area contributed by atoms with Crippen LogP contribution in [0.25, 0.3) is 0 Å². The summed E-state index contributed by atoms with van der Waals surface area (Å²) in [6.07, 6.45) is 5.06. The standard InChI is InChI=1S/C5H10OSi/c1-4-5(2,3)6-7/h1H,2-3,7H3.